The molecule has 0 bridgehead atoms. The average Bonchev–Trinajstić information content (AvgIpc) is 3.24. The standard InChI is InChI=1S/C27H26F3N3O5S/c1-14-7-9-17(37-15(2)24(35)38-26(3,4)5)12-18(14)23-19-11-16(8-10-20(19)39-31-23)33-22(34)13-21(27(28,29)30)32(6)25(33)36/h7-13,15H,1-6H3. The number of hydrogen-bond donors (Lipinski definition) is 0. The molecule has 0 fully saturated rings. The van der Waals surface area contributed by atoms with Crippen molar-refractivity contribution in [1.29, 1.82) is 0 Å². The first-order valence-electron chi connectivity index (χ1n) is 11.9. The number of ether oxygens (including phenoxy) is 2. The van der Waals surface area contributed by atoms with Gasteiger partial charge in [0.25, 0.3) is 5.56 Å². The highest BCUT2D eigenvalue weighted by Gasteiger charge is 2.35. The summed E-state index contributed by atoms with van der Waals surface area (Å²) in [7, 11) is 0.963. The summed E-state index contributed by atoms with van der Waals surface area (Å²) >= 11 is 1.19. The summed E-state index contributed by atoms with van der Waals surface area (Å²) in [6.45, 7) is 8.73. The van der Waals surface area contributed by atoms with Crippen molar-refractivity contribution in [3.63, 3.8) is 0 Å². The van der Waals surface area contributed by atoms with Crippen molar-refractivity contribution in [3.05, 3.63) is 74.6 Å². The van der Waals surface area contributed by atoms with Crippen LogP contribution in [0.15, 0.2) is 52.1 Å². The molecule has 0 aliphatic rings. The second kappa shape index (κ2) is 9.99. The van der Waals surface area contributed by atoms with Gasteiger partial charge in [0, 0.05) is 24.1 Å². The zero-order valence-electron chi connectivity index (χ0n) is 22.0. The maximum absolute atomic E-state index is 13.3. The lowest BCUT2D eigenvalue weighted by Gasteiger charge is -2.22. The van der Waals surface area contributed by atoms with Gasteiger partial charge in [-0.15, -0.1) is 0 Å². The van der Waals surface area contributed by atoms with Gasteiger partial charge in [0.2, 0.25) is 0 Å². The van der Waals surface area contributed by atoms with Gasteiger partial charge < -0.3 is 9.47 Å². The molecule has 1 atom stereocenters. The van der Waals surface area contributed by atoms with E-state index in [2.05, 4.69) is 4.37 Å². The van der Waals surface area contributed by atoms with Crippen LogP contribution in [0.25, 0.3) is 27.0 Å². The minimum Gasteiger partial charge on any atom is -0.479 e. The molecule has 0 saturated heterocycles. The molecule has 0 radical (unpaired) electrons. The molecule has 2 aromatic heterocycles. The van der Waals surface area contributed by atoms with E-state index >= 15 is 0 Å². The van der Waals surface area contributed by atoms with Crippen LogP contribution in [0.2, 0.25) is 0 Å². The molecule has 2 aromatic carbocycles. The number of rotatable bonds is 5. The third-order valence-electron chi connectivity index (χ3n) is 5.84. The maximum Gasteiger partial charge on any atom is 0.431 e. The van der Waals surface area contributed by atoms with Crippen molar-refractivity contribution >= 4 is 27.6 Å². The Kier molecular flexibility index (Phi) is 7.20. The Morgan fingerprint density at radius 1 is 1.05 bits per heavy atom. The van der Waals surface area contributed by atoms with Crippen molar-refractivity contribution in [1.82, 2.24) is 13.5 Å². The van der Waals surface area contributed by atoms with Gasteiger partial charge in [0.15, 0.2) is 6.10 Å². The van der Waals surface area contributed by atoms with Crippen LogP contribution in [0.3, 0.4) is 0 Å². The Morgan fingerprint density at radius 2 is 1.74 bits per heavy atom. The molecule has 1 unspecified atom stereocenters. The van der Waals surface area contributed by atoms with Gasteiger partial charge in [-0.2, -0.15) is 17.5 Å². The van der Waals surface area contributed by atoms with E-state index in [0.717, 1.165) is 17.3 Å². The normalized spacial score (nSPS) is 12.9. The van der Waals surface area contributed by atoms with Crippen molar-refractivity contribution < 1.29 is 27.4 Å². The molecule has 0 spiro atoms. The highest BCUT2D eigenvalue weighted by molar-refractivity contribution is 7.13. The highest BCUT2D eigenvalue weighted by atomic mass is 32.1. The molecule has 8 nitrogen and oxygen atoms in total. The fraction of sp³-hybridized carbons (Fsp3) is 0.333. The van der Waals surface area contributed by atoms with Crippen molar-refractivity contribution in [2.24, 2.45) is 7.05 Å². The zero-order valence-corrected chi connectivity index (χ0v) is 22.9. The number of carbonyl (C=O) groups excluding carboxylic acids is 1. The lowest BCUT2D eigenvalue weighted by Crippen LogP contribution is -2.40. The first-order chi connectivity index (χ1) is 18.1. The fourth-order valence-electron chi connectivity index (χ4n) is 3.96. The van der Waals surface area contributed by atoms with E-state index in [1.807, 2.05) is 6.92 Å². The number of alkyl halides is 3. The number of aryl methyl sites for hydroxylation is 1. The number of halogens is 3. The Hall–Kier alpha value is -3.93. The van der Waals surface area contributed by atoms with Crippen molar-refractivity contribution in [2.45, 2.75) is 52.5 Å². The van der Waals surface area contributed by atoms with E-state index in [9.17, 15) is 27.6 Å². The van der Waals surface area contributed by atoms with Gasteiger partial charge in [-0.1, -0.05) is 6.07 Å². The third-order valence-corrected chi connectivity index (χ3v) is 6.66. The molecule has 4 rings (SSSR count). The minimum absolute atomic E-state index is 0.104. The van der Waals surface area contributed by atoms with Crippen LogP contribution < -0.4 is 16.0 Å². The second-order valence-corrected chi connectivity index (χ2v) is 10.8. The molecule has 0 amide bonds. The van der Waals surface area contributed by atoms with E-state index in [4.69, 9.17) is 9.47 Å². The number of benzene rings is 2. The van der Waals surface area contributed by atoms with E-state index < -0.39 is 40.8 Å². The molecular formula is C27H26F3N3O5S. The summed E-state index contributed by atoms with van der Waals surface area (Å²) < 4.78 is 57.4. The number of carbonyl (C=O) groups is 1. The van der Waals surface area contributed by atoms with Gasteiger partial charge >= 0.3 is 17.8 Å². The summed E-state index contributed by atoms with van der Waals surface area (Å²) in [6, 6.07) is 10.3. The average molecular weight is 562 g/mol. The van der Waals surface area contributed by atoms with Gasteiger partial charge in [0.05, 0.1) is 16.1 Å². The molecule has 39 heavy (non-hydrogen) atoms. The first-order valence-corrected chi connectivity index (χ1v) is 12.6. The quantitative estimate of drug-likeness (QED) is 0.309. The largest absolute Gasteiger partial charge is 0.479 e. The van der Waals surface area contributed by atoms with Crippen molar-refractivity contribution in [3.8, 4) is 22.7 Å². The number of esters is 1. The van der Waals surface area contributed by atoms with Gasteiger partial charge in [-0.25, -0.2) is 14.2 Å². The first kappa shape index (κ1) is 28.1. The second-order valence-electron chi connectivity index (χ2n) is 10.0. The lowest BCUT2D eigenvalue weighted by atomic mass is 10.0. The summed E-state index contributed by atoms with van der Waals surface area (Å²) in [5.41, 5.74) is -2.07. The van der Waals surface area contributed by atoms with E-state index in [1.165, 1.54) is 17.6 Å². The van der Waals surface area contributed by atoms with E-state index in [0.29, 0.717) is 37.6 Å². The predicted molar refractivity (Wildman–Crippen MR) is 142 cm³/mol. The Labute approximate surface area is 225 Å². The maximum atomic E-state index is 13.3. The van der Waals surface area contributed by atoms with Crippen LogP contribution in [0.1, 0.15) is 39.0 Å². The van der Waals surface area contributed by atoms with Crippen LogP contribution >= 0.6 is 11.5 Å². The third kappa shape index (κ3) is 5.75. The molecular weight excluding hydrogens is 535 g/mol. The summed E-state index contributed by atoms with van der Waals surface area (Å²) in [5, 5.41) is 0.590. The molecule has 4 aromatic rings. The monoisotopic (exact) mass is 561 g/mol. The number of fused-ring (bicyclic) bond motifs is 1. The van der Waals surface area contributed by atoms with Crippen molar-refractivity contribution in [2.75, 3.05) is 0 Å². The Bertz CT molecular complexity index is 1700. The SMILES string of the molecule is Cc1ccc(OC(C)C(=O)OC(C)(C)C)cc1-c1nsc2ccc(-n3c(=O)cc(C(F)(F)F)n(C)c3=O)cc12. The smallest absolute Gasteiger partial charge is 0.431 e. The number of hydrogen-bond acceptors (Lipinski definition) is 7. The zero-order chi connectivity index (χ0) is 28.9. The number of aromatic nitrogens is 3. The molecule has 0 saturated carbocycles. The highest BCUT2D eigenvalue weighted by Crippen LogP contribution is 2.36. The van der Waals surface area contributed by atoms with Crippen LogP contribution in [0, 0.1) is 6.92 Å². The van der Waals surface area contributed by atoms with Gasteiger partial charge in [-0.05, 0) is 82.0 Å². The molecule has 0 N–H and O–H groups in total. The Balaban J connectivity index is 1.77. The molecule has 12 heteroatoms. The van der Waals surface area contributed by atoms with Crippen LogP contribution in [-0.4, -0.2) is 31.2 Å². The summed E-state index contributed by atoms with van der Waals surface area (Å²) in [4.78, 5) is 37.8. The molecule has 206 valence electrons. The summed E-state index contributed by atoms with van der Waals surface area (Å²) in [5.74, 6) is -0.115. The molecule has 2 heterocycles. The topological polar surface area (TPSA) is 92.4 Å². The van der Waals surface area contributed by atoms with E-state index in [1.54, 1.807) is 58.0 Å². The minimum atomic E-state index is -4.86. The van der Waals surface area contributed by atoms with Crippen LogP contribution in [0.4, 0.5) is 13.2 Å². The fourth-order valence-corrected chi connectivity index (χ4v) is 4.73. The Morgan fingerprint density at radius 3 is 2.38 bits per heavy atom. The molecule has 0 aliphatic heterocycles. The van der Waals surface area contributed by atoms with Gasteiger partial charge in [0.1, 0.15) is 17.0 Å². The summed E-state index contributed by atoms with van der Waals surface area (Å²) in [6.07, 6.45) is -5.73. The van der Waals surface area contributed by atoms with Crippen LogP contribution in [-0.2, 0) is 22.8 Å². The number of nitrogens with zero attached hydrogens (tertiary/aromatic N) is 3. The molecule has 0 aliphatic carbocycles. The predicted octanol–water partition coefficient (Wildman–Crippen LogP) is 5.25. The lowest BCUT2D eigenvalue weighted by molar-refractivity contribution is -0.162. The van der Waals surface area contributed by atoms with Crippen LogP contribution in [0.5, 0.6) is 5.75 Å². The van der Waals surface area contributed by atoms with E-state index in [-0.39, 0.29) is 5.69 Å². The van der Waals surface area contributed by atoms with Gasteiger partial charge in [-0.3, -0.25) is 9.36 Å².